The first-order valence-electron chi connectivity index (χ1n) is 6.33. The second kappa shape index (κ2) is 6.48. The van der Waals surface area contributed by atoms with Crippen LogP contribution < -0.4 is 15.8 Å². The molecule has 0 aromatic heterocycles. The van der Waals surface area contributed by atoms with Gasteiger partial charge in [-0.3, -0.25) is 4.79 Å². The molecule has 4 nitrogen and oxygen atoms in total. The predicted molar refractivity (Wildman–Crippen MR) is 75.6 cm³/mol. The summed E-state index contributed by atoms with van der Waals surface area (Å²) < 4.78 is 42.8. The van der Waals surface area contributed by atoms with E-state index < -0.39 is 11.7 Å². The molecule has 2 aromatic rings. The van der Waals surface area contributed by atoms with Gasteiger partial charge < -0.3 is 15.8 Å². The number of hydrogen-bond donors (Lipinski definition) is 2. The van der Waals surface area contributed by atoms with Gasteiger partial charge in [-0.25, -0.2) is 0 Å². The molecule has 0 spiro atoms. The molecule has 0 fully saturated rings. The van der Waals surface area contributed by atoms with Crippen molar-refractivity contribution in [2.24, 2.45) is 5.73 Å². The lowest BCUT2D eigenvalue weighted by atomic mass is 10.2. The molecule has 0 heterocycles. The van der Waals surface area contributed by atoms with Crippen molar-refractivity contribution in [2.75, 3.05) is 11.9 Å². The fourth-order valence-electron chi connectivity index (χ4n) is 1.70. The zero-order valence-corrected chi connectivity index (χ0v) is 11.4. The third kappa shape index (κ3) is 4.23. The summed E-state index contributed by atoms with van der Waals surface area (Å²) in [5.74, 6) is 0.288. The molecule has 22 heavy (non-hydrogen) atoms. The zero-order valence-electron chi connectivity index (χ0n) is 11.4. The van der Waals surface area contributed by atoms with Crippen LogP contribution in [0.4, 0.5) is 18.9 Å². The molecule has 0 saturated heterocycles. The molecule has 0 radical (unpaired) electrons. The molecular formula is C15H13F3N2O2. The monoisotopic (exact) mass is 310 g/mol. The summed E-state index contributed by atoms with van der Waals surface area (Å²) in [6.07, 6.45) is -4.38. The Morgan fingerprint density at radius 2 is 1.77 bits per heavy atom. The second-order valence-corrected chi connectivity index (χ2v) is 4.40. The summed E-state index contributed by atoms with van der Waals surface area (Å²) in [6, 6.07) is 10.8. The standard InChI is InChI=1S/C15H13F3N2O2/c16-15(17,18)10-4-6-12(7-5-10)22-13-3-1-2-11(8-13)20-14(21)9-19/h1-8H,9,19H2,(H,20,21). The van der Waals surface area contributed by atoms with Gasteiger partial charge in [0.25, 0.3) is 0 Å². The maximum Gasteiger partial charge on any atom is 0.416 e. The molecular weight excluding hydrogens is 297 g/mol. The van der Waals surface area contributed by atoms with Gasteiger partial charge in [0.2, 0.25) is 5.91 Å². The van der Waals surface area contributed by atoms with E-state index in [1.807, 2.05) is 0 Å². The predicted octanol–water partition coefficient (Wildman–Crippen LogP) is 3.39. The quantitative estimate of drug-likeness (QED) is 0.909. The fraction of sp³-hybridized carbons (Fsp3) is 0.133. The number of benzene rings is 2. The van der Waals surface area contributed by atoms with Crippen molar-refractivity contribution in [3.8, 4) is 11.5 Å². The van der Waals surface area contributed by atoms with Crippen molar-refractivity contribution in [3.05, 3.63) is 54.1 Å². The first-order valence-corrected chi connectivity index (χ1v) is 6.33. The van der Waals surface area contributed by atoms with E-state index in [-0.39, 0.29) is 18.2 Å². The van der Waals surface area contributed by atoms with Crippen LogP contribution in [0.2, 0.25) is 0 Å². The van der Waals surface area contributed by atoms with E-state index in [1.165, 1.54) is 12.1 Å². The lowest BCUT2D eigenvalue weighted by molar-refractivity contribution is -0.137. The van der Waals surface area contributed by atoms with E-state index in [0.29, 0.717) is 11.4 Å². The molecule has 0 aliphatic carbocycles. The van der Waals surface area contributed by atoms with Crippen molar-refractivity contribution < 1.29 is 22.7 Å². The number of carbonyl (C=O) groups is 1. The average Bonchev–Trinajstić information content (AvgIpc) is 2.47. The largest absolute Gasteiger partial charge is 0.457 e. The van der Waals surface area contributed by atoms with Crippen LogP contribution >= 0.6 is 0 Å². The third-order valence-corrected chi connectivity index (χ3v) is 2.72. The third-order valence-electron chi connectivity index (χ3n) is 2.72. The van der Waals surface area contributed by atoms with Crippen LogP contribution in [0.1, 0.15) is 5.56 Å². The molecule has 0 aliphatic heterocycles. The van der Waals surface area contributed by atoms with Crippen molar-refractivity contribution in [3.63, 3.8) is 0 Å². The molecule has 2 rings (SSSR count). The Kier molecular flexibility index (Phi) is 4.67. The molecule has 0 atom stereocenters. The van der Waals surface area contributed by atoms with E-state index in [2.05, 4.69) is 5.32 Å². The Balaban J connectivity index is 2.10. The van der Waals surface area contributed by atoms with Crippen molar-refractivity contribution in [1.82, 2.24) is 0 Å². The average molecular weight is 310 g/mol. The number of halogens is 3. The minimum atomic E-state index is -4.38. The fourth-order valence-corrected chi connectivity index (χ4v) is 1.70. The Morgan fingerprint density at radius 3 is 2.36 bits per heavy atom. The molecule has 3 N–H and O–H groups in total. The number of nitrogens with one attached hydrogen (secondary N) is 1. The van der Waals surface area contributed by atoms with Crippen LogP contribution in [-0.2, 0) is 11.0 Å². The van der Waals surface area contributed by atoms with Gasteiger partial charge in [-0.15, -0.1) is 0 Å². The van der Waals surface area contributed by atoms with Crippen molar-refractivity contribution >= 4 is 11.6 Å². The van der Waals surface area contributed by atoms with E-state index in [1.54, 1.807) is 24.3 Å². The normalized spacial score (nSPS) is 11.1. The van der Waals surface area contributed by atoms with Crippen LogP contribution in [0.25, 0.3) is 0 Å². The maximum absolute atomic E-state index is 12.5. The molecule has 0 unspecified atom stereocenters. The highest BCUT2D eigenvalue weighted by atomic mass is 19.4. The molecule has 0 saturated carbocycles. The highest BCUT2D eigenvalue weighted by Gasteiger charge is 2.30. The minimum absolute atomic E-state index is 0.149. The van der Waals surface area contributed by atoms with Crippen LogP contribution in [0.3, 0.4) is 0 Å². The van der Waals surface area contributed by atoms with E-state index in [0.717, 1.165) is 12.1 Å². The van der Waals surface area contributed by atoms with Gasteiger partial charge in [0, 0.05) is 11.8 Å². The van der Waals surface area contributed by atoms with Crippen LogP contribution in [0, 0.1) is 0 Å². The van der Waals surface area contributed by atoms with Gasteiger partial charge in [-0.1, -0.05) is 6.07 Å². The maximum atomic E-state index is 12.5. The summed E-state index contributed by atoms with van der Waals surface area (Å²) in [7, 11) is 0. The van der Waals surface area contributed by atoms with Gasteiger partial charge in [-0.2, -0.15) is 13.2 Å². The topological polar surface area (TPSA) is 64.4 Å². The summed E-state index contributed by atoms with van der Waals surface area (Å²) >= 11 is 0. The molecule has 1 amide bonds. The number of rotatable bonds is 4. The summed E-state index contributed by atoms with van der Waals surface area (Å²) in [6.45, 7) is -0.149. The zero-order chi connectivity index (χ0) is 16.2. The van der Waals surface area contributed by atoms with Crippen LogP contribution in [0.15, 0.2) is 48.5 Å². The second-order valence-electron chi connectivity index (χ2n) is 4.40. The van der Waals surface area contributed by atoms with Crippen LogP contribution in [0.5, 0.6) is 11.5 Å². The SMILES string of the molecule is NCC(=O)Nc1cccc(Oc2ccc(C(F)(F)F)cc2)c1. The number of ether oxygens (including phenoxy) is 1. The number of nitrogens with two attached hydrogens (primary N) is 1. The van der Waals surface area contributed by atoms with Crippen molar-refractivity contribution in [1.29, 1.82) is 0 Å². The Hall–Kier alpha value is -2.54. The number of carbonyl (C=O) groups excluding carboxylic acids is 1. The van der Waals surface area contributed by atoms with E-state index >= 15 is 0 Å². The lowest BCUT2D eigenvalue weighted by Crippen LogP contribution is -2.21. The highest BCUT2D eigenvalue weighted by Crippen LogP contribution is 2.31. The highest BCUT2D eigenvalue weighted by molar-refractivity contribution is 5.92. The van der Waals surface area contributed by atoms with Crippen LogP contribution in [-0.4, -0.2) is 12.5 Å². The molecule has 2 aromatic carbocycles. The number of hydrogen-bond acceptors (Lipinski definition) is 3. The number of alkyl halides is 3. The molecule has 7 heteroatoms. The van der Waals surface area contributed by atoms with Gasteiger partial charge in [0.1, 0.15) is 11.5 Å². The number of anilines is 1. The Bertz CT molecular complexity index is 655. The Labute approximate surface area is 124 Å². The molecule has 116 valence electrons. The smallest absolute Gasteiger partial charge is 0.416 e. The minimum Gasteiger partial charge on any atom is -0.457 e. The van der Waals surface area contributed by atoms with E-state index in [9.17, 15) is 18.0 Å². The first-order chi connectivity index (χ1) is 10.4. The van der Waals surface area contributed by atoms with Gasteiger partial charge in [-0.05, 0) is 36.4 Å². The Morgan fingerprint density at radius 1 is 1.09 bits per heavy atom. The van der Waals surface area contributed by atoms with Gasteiger partial charge in [0.15, 0.2) is 0 Å². The first kappa shape index (κ1) is 15.8. The lowest BCUT2D eigenvalue weighted by Gasteiger charge is -2.10. The van der Waals surface area contributed by atoms with Crippen molar-refractivity contribution in [2.45, 2.75) is 6.18 Å². The molecule has 0 bridgehead atoms. The van der Waals surface area contributed by atoms with E-state index in [4.69, 9.17) is 10.5 Å². The van der Waals surface area contributed by atoms with Gasteiger partial charge in [0.05, 0.1) is 12.1 Å². The summed E-state index contributed by atoms with van der Waals surface area (Å²) in [5, 5.41) is 2.55. The van der Waals surface area contributed by atoms with Gasteiger partial charge >= 0.3 is 6.18 Å². The number of amides is 1. The summed E-state index contributed by atoms with van der Waals surface area (Å²) in [5.41, 5.74) is 4.94. The molecule has 0 aliphatic rings. The summed E-state index contributed by atoms with van der Waals surface area (Å²) in [4.78, 5) is 11.2.